The Morgan fingerprint density at radius 3 is 2.06 bits per heavy atom. The number of ether oxygens (including phenoxy) is 2. The predicted molar refractivity (Wildman–Crippen MR) is 108 cm³/mol. The van der Waals surface area contributed by atoms with E-state index >= 15 is 0 Å². The molecule has 0 amide bonds. The summed E-state index contributed by atoms with van der Waals surface area (Å²) < 4.78 is 68.7. The average Bonchev–Trinajstić information content (AvgIpc) is 2.90. The van der Waals surface area contributed by atoms with Crippen molar-refractivity contribution in [1.82, 2.24) is 0 Å². The van der Waals surface area contributed by atoms with Crippen molar-refractivity contribution in [2.45, 2.75) is 32.2 Å². The summed E-state index contributed by atoms with van der Waals surface area (Å²) >= 11 is 0. The van der Waals surface area contributed by atoms with Crippen LogP contribution in [0, 0.1) is 0 Å². The van der Waals surface area contributed by atoms with Crippen molar-refractivity contribution >= 4 is 31.8 Å². The summed E-state index contributed by atoms with van der Waals surface area (Å²) in [5.74, 6) is -1.15. The molecule has 10 nitrogen and oxygen atoms in total. The van der Waals surface area contributed by atoms with Gasteiger partial charge in [0.25, 0.3) is 20.2 Å². The van der Waals surface area contributed by atoms with Gasteiger partial charge >= 0.3 is 0 Å². The van der Waals surface area contributed by atoms with Crippen LogP contribution in [-0.4, -0.2) is 60.7 Å². The molecule has 3 atom stereocenters. The molecular formula is C19H22O10S2. The van der Waals surface area contributed by atoms with Crippen LogP contribution in [0.25, 0.3) is 0 Å². The van der Waals surface area contributed by atoms with Gasteiger partial charge in [0, 0.05) is 28.9 Å². The Kier molecular flexibility index (Phi) is 6.15. The molecule has 0 aromatic heterocycles. The quantitative estimate of drug-likeness (QED) is 0.533. The normalized spacial score (nSPS) is 23.7. The number of ketones is 2. The first-order chi connectivity index (χ1) is 14.3. The second-order valence-corrected chi connectivity index (χ2v) is 10.4. The number of allylic oxidation sites excluding steroid dienone is 2. The third-order valence-electron chi connectivity index (χ3n) is 4.94. The van der Waals surface area contributed by atoms with E-state index in [1.54, 1.807) is 6.92 Å². The number of Topliss-reactive ketones (excluding diaryl/α,β-unsaturated/α-hetero) is 2. The topological polar surface area (TPSA) is 139 Å². The van der Waals surface area contributed by atoms with Gasteiger partial charge in [-0.25, -0.2) is 0 Å². The highest BCUT2D eigenvalue weighted by molar-refractivity contribution is 7.86. The second kappa shape index (κ2) is 8.10. The van der Waals surface area contributed by atoms with Crippen molar-refractivity contribution in [3.63, 3.8) is 0 Å². The number of carbonyl (C=O) groups is 2. The van der Waals surface area contributed by atoms with Gasteiger partial charge in [0.2, 0.25) is 5.78 Å². The van der Waals surface area contributed by atoms with Crippen LogP contribution in [0.2, 0.25) is 0 Å². The molecule has 0 fully saturated rings. The fourth-order valence-electron chi connectivity index (χ4n) is 3.91. The Labute approximate surface area is 180 Å². The van der Waals surface area contributed by atoms with E-state index in [1.165, 1.54) is 26.2 Å². The maximum Gasteiger partial charge on any atom is 0.265 e. The van der Waals surface area contributed by atoms with Crippen LogP contribution in [0.15, 0.2) is 23.5 Å². The fourth-order valence-corrected chi connectivity index (χ4v) is 5.10. The number of benzene rings is 1. The average molecular weight is 475 g/mol. The Hall–Kier alpha value is -2.12. The molecule has 12 heteroatoms. The van der Waals surface area contributed by atoms with E-state index in [0.29, 0.717) is 0 Å². The summed E-state index contributed by atoms with van der Waals surface area (Å²) in [5.41, 5.74) is 0.437. The Balaban J connectivity index is 2.31. The van der Waals surface area contributed by atoms with E-state index < -0.39 is 50.1 Å². The zero-order valence-corrected chi connectivity index (χ0v) is 19.1. The number of fused-ring (bicyclic) bond motifs is 3. The summed E-state index contributed by atoms with van der Waals surface area (Å²) in [6.45, 7) is 3.16. The van der Waals surface area contributed by atoms with Crippen molar-refractivity contribution < 1.29 is 44.3 Å². The highest BCUT2D eigenvalue weighted by Crippen LogP contribution is 2.49. The minimum Gasteiger partial charge on any atom is -0.492 e. The van der Waals surface area contributed by atoms with Crippen LogP contribution in [0.3, 0.4) is 0 Å². The second-order valence-electron chi connectivity index (χ2n) is 7.17. The van der Waals surface area contributed by atoms with Gasteiger partial charge in [-0.2, -0.15) is 16.8 Å². The standard InChI is InChI=1S/C19H22O10S2/c1-6-27-18-13-11(17(28-30(4,22)23)19(18)29-31(5,24)25)8-7-10-12(13)14(20)9(2)16(26-3)15(10)21/h7-8,17-19H,6H2,1-5H3. The minimum atomic E-state index is -4.07. The first kappa shape index (κ1) is 23.5. The molecule has 0 spiro atoms. The maximum absolute atomic E-state index is 13.2. The maximum atomic E-state index is 13.2. The molecule has 2 aliphatic carbocycles. The molecule has 31 heavy (non-hydrogen) atoms. The lowest BCUT2D eigenvalue weighted by Gasteiger charge is -2.25. The van der Waals surface area contributed by atoms with Crippen LogP contribution in [0.4, 0.5) is 0 Å². The third kappa shape index (κ3) is 4.30. The number of methoxy groups -OCH3 is 1. The van der Waals surface area contributed by atoms with E-state index in [2.05, 4.69) is 0 Å². The molecule has 0 N–H and O–H groups in total. The number of rotatable bonds is 7. The first-order valence-corrected chi connectivity index (χ1v) is 12.8. The molecule has 0 saturated heterocycles. The molecular weight excluding hydrogens is 452 g/mol. The van der Waals surface area contributed by atoms with Gasteiger partial charge in [-0.1, -0.05) is 6.07 Å². The van der Waals surface area contributed by atoms with Crippen LogP contribution in [0.5, 0.6) is 0 Å². The zero-order chi connectivity index (χ0) is 23.3. The molecule has 2 aliphatic rings. The molecule has 1 aromatic carbocycles. The molecule has 3 unspecified atom stereocenters. The summed E-state index contributed by atoms with van der Waals surface area (Å²) in [6.07, 6.45) is -2.40. The summed E-state index contributed by atoms with van der Waals surface area (Å²) in [6, 6.07) is 2.76. The van der Waals surface area contributed by atoms with Crippen molar-refractivity contribution in [1.29, 1.82) is 0 Å². The Bertz CT molecular complexity index is 1190. The zero-order valence-electron chi connectivity index (χ0n) is 17.5. The minimum absolute atomic E-state index is 0.0130. The van der Waals surface area contributed by atoms with Gasteiger partial charge < -0.3 is 9.47 Å². The van der Waals surface area contributed by atoms with Crippen LogP contribution < -0.4 is 0 Å². The van der Waals surface area contributed by atoms with Crippen LogP contribution >= 0.6 is 0 Å². The summed E-state index contributed by atoms with van der Waals surface area (Å²) in [4.78, 5) is 26.0. The smallest absolute Gasteiger partial charge is 0.265 e. The van der Waals surface area contributed by atoms with Gasteiger partial charge in [-0.3, -0.25) is 18.0 Å². The number of carbonyl (C=O) groups excluding carboxylic acids is 2. The van der Waals surface area contributed by atoms with Gasteiger partial charge in [0.1, 0.15) is 18.3 Å². The van der Waals surface area contributed by atoms with Crippen LogP contribution in [-0.2, 0) is 38.1 Å². The van der Waals surface area contributed by atoms with Gasteiger partial charge in [-0.15, -0.1) is 0 Å². The molecule has 0 bridgehead atoms. The van der Waals surface area contributed by atoms with E-state index in [1.807, 2.05) is 0 Å². The highest BCUT2D eigenvalue weighted by Gasteiger charge is 2.50. The van der Waals surface area contributed by atoms with E-state index in [9.17, 15) is 26.4 Å². The molecule has 170 valence electrons. The SMILES string of the molecule is CCOC1c2c(ccc3c2C(=O)C(C)=C(OC)C3=O)C(OS(C)(=O)=O)C1OS(C)(=O)=O. The molecule has 0 radical (unpaired) electrons. The van der Waals surface area contributed by atoms with Gasteiger partial charge in [-0.05, 0) is 25.5 Å². The molecule has 0 heterocycles. The predicted octanol–water partition coefficient (Wildman–Crippen LogP) is 1.44. The highest BCUT2D eigenvalue weighted by atomic mass is 32.2. The number of hydrogen-bond acceptors (Lipinski definition) is 10. The summed E-state index contributed by atoms with van der Waals surface area (Å²) in [5, 5.41) is 0. The summed E-state index contributed by atoms with van der Waals surface area (Å²) in [7, 11) is -6.85. The largest absolute Gasteiger partial charge is 0.492 e. The van der Waals surface area contributed by atoms with Crippen LogP contribution in [0.1, 0.15) is 57.9 Å². The lowest BCUT2D eigenvalue weighted by atomic mass is 9.83. The monoisotopic (exact) mass is 474 g/mol. The molecule has 3 rings (SSSR count). The molecule has 0 aliphatic heterocycles. The Morgan fingerprint density at radius 2 is 1.55 bits per heavy atom. The van der Waals surface area contributed by atoms with Crippen molar-refractivity contribution in [3.8, 4) is 0 Å². The van der Waals surface area contributed by atoms with Crippen molar-refractivity contribution in [2.75, 3.05) is 26.2 Å². The molecule has 0 saturated carbocycles. The van der Waals surface area contributed by atoms with E-state index in [0.717, 1.165) is 12.5 Å². The van der Waals surface area contributed by atoms with Gasteiger partial charge in [0.05, 0.1) is 19.6 Å². The van der Waals surface area contributed by atoms with E-state index in [4.69, 9.17) is 17.8 Å². The Morgan fingerprint density at radius 1 is 0.935 bits per heavy atom. The third-order valence-corrected chi connectivity index (χ3v) is 6.07. The van der Waals surface area contributed by atoms with Gasteiger partial charge in [0.15, 0.2) is 11.5 Å². The lowest BCUT2D eigenvalue weighted by Crippen LogP contribution is -2.30. The van der Waals surface area contributed by atoms with Crippen molar-refractivity contribution in [2.24, 2.45) is 0 Å². The number of hydrogen-bond donors (Lipinski definition) is 0. The first-order valence-electron chi connectivity index (χ1n) is 9.19. The van der Waals surface area contributed by atoms with E-state index in [-0.39, 0.29) is 40.2 Å². The lowest BCUT2D eigenvalue weighted by molar-refractivity contribution is -0.0487. The fraction of sp³-hybridized carbons (Fsp3) is 0.474. The van der Waals surface area contributed by atoms with Crippen molar-refractivity contribution in [3.05, 3.63) is 45.7 Å². The molecule has 1 aromatic rings.